The van der Waals surface area contributed by atoms with Gasteiger partial charge in [-0.25, -0.2) is 0 Å². The number of nitrogens with zero attached hydrogens (tertiary/aromatic N) is 2. The molecule has 2 amide bonds. The van der Waals surface area contributed by atoms with Crippen molar-refractivity contribution in [1.82, 2.24) is 5.32 Å². The van der Waals surface area contributed by atoms with Crippen LogP contribution in [0.15, 0.2) is 58.6 Å². The topological polar surface area (TPSA) is 114 Å². The van der Waals surface area contributed by atoms with Gasteiger partial charge in [-0.3, -0.25) is 24.4 Å². The van der Waals surface area contributed by atoms with E-state index in [2.05, 4.69) is 10.3 Å². The number of carbonyl (C=O) groups is 3. The van der Waals surface area contributed by atoms with E-state index < -0.39 is 22.9 Å². The van der Waals surface area contributed by atoms with Gasteiger partial charge in [-0.05, 0) is 31.9 Å². The molecule has 1 aliphatic heterocycles. The molecule has 0 spiro atoms. The Bertz CT molecular complexity index is 1020. The van der Waals surface area contributed by atoms with Crippen LogP contribution in [0.3, 0.4) is 0 Å². The summed E-state index contributed by atoms with van der Waals surface area (Å²) in [6, 6.07) is 7.44. The van der Waals surface area contributed by atoms with Gasteiger partial charge in [0, 0.05) is 18.2 Å². The highest BCUT2D eigenvalue weighted by Crippen LogP contribution is 2.49. The zero-order chi connectivity index (χ0) is 20.6. The number of primary amides is 1. The van der Waals surface area contributed by atoms with E-state index in [-0.39, 0.29) is 18.1 Å². The molecule has 3 aliphatic rings. The maximum Gasteiger partial charge on any atom is 0.228 e. The maximum atomic E-state index is 12.8. The van der Waals surface area contributed by atoms with E-state index in [9.17, 15) is 14.4 Å². The van der Waals surface area contributed by atoms with Gasteiger partial charge in [0.05, 0.1) is 22.2 Å². The number of amides is 2. The van der Waals surface area contributed by atoms with Gasteiger partial charge in [0.15, 0.2) is 11.9 Å². The van der Waals surface area contributed by atoms with Gasteiger partial charge < -0.3 is 11.1 Å². The summed E-state index contributed by atoms with van der Waals surface area (Å²) in [7, 11) is 0. The lowest BCUT2D eigenvalue weighted by Crippen LogP contribution is -2.43. The Hall–Kier alpha value is -3.35. The molecule has 0 saturated heterocycles. The molecular formula is C22H22N4O3. The number of hydrogen-bond acceptors (Lipinski definition) is 5. The van der Waals surface area contributed by atoms with Gasteiger partial charge in [0.1, 0.15) is 0 Å². The normalized spacial score (nSPS) is 26.3. The molecule has 7 nitrogen and oxygen atoms in total. The number of allylic oxidation sites excluding steroid dienone is 4. The first kappa shape index (κ1) is 19.0. The molecule has 1 aromatic rings. The Morgan fingerprint density at radius 3 is 2.69 bits per heavy atom. The third-order valence-electron chi connectivity index (χ3n) is 5.70. The average molecular weight is 390 g/mol. The van der Waals surface area contributed by atoms with Crippen LogP contribution in [0.2, 0.25) is 0 Å². The summed E-state index contributed by atoms with van der Waals surface area (Å²) in [6.07, 6.45) is 8.91. The number of benzene rings is 1. The van der Waals surface area contributed by atoms with Gasteiger partial charge in [-0.1, -0.05) is 36.4 Å². The van der Waals surface area contributed by atoms with Crippen molar-refractivity contribution in [2.45, 2.75) is 32.4 Å². The number of rotatable bonds is 5. The summed E-state index contributed by atoms with van der Waals surface area (Å²) in [5.74, 6) is -0.855. The molecule has 4 rings (SSSR count). The second kappa shape index (κ2) is 6.92. The van der Waals surface area contributed by atoms with Crippen molar-refractivity contribution in [2.24, 2.45) is 26.5 Å². The van der Waals surface area contributed by atoms with Gasteiger partial charge in [0.2, 0.25) is 11.8 Å². The SMILES string of the molecule is CC1(C2=N[C@H](NC(=O)C3(CC(N)=O)CC3)C=Nc3ccccc32)C=CC=CC1=O. The summed E-state index contributed by atoms with van der Waals surface area (Å²) in [5, 5.41) is 2.87. The minimum atomic E-state index is -0.966. The molecule has 1 aromatic carbocycles. The van der Waals surface area contributed by atoms with E-state index in [0.717, 1.165) is 5.56 Å². The van der Waals surface area contributed by atoms with E-state index >= 15 is 0 Å². The zero-order valence-electron chi connectivity index (χ0n) is 16.1. The number of nitrogens with one attached hydrogen (secondary N) is 1. The second-order valence-electron chi connectivity index (χ2n) is 7.90. The molecule has 148 valence electrons. The third kappa shape index (κ3) is 3.44. The number of ketones is 1. The van der Waals surface area contributed by atoms with E-state index in [1.807, 2.05) is 43.3 Å². The fourth-order valence-corrected chi connectivity index (χ4v) is 3.76. The van der Waals surface area contributed by atoms with Gasteiger partial charge >= 0.3 is 0 Å². The highest BCUT2D eigenvalue weighted by atomic mass is 16.2. The molecule has 1 heterocycles. The van der Waals surface area contributed by atoms with E-state index in [0.29, 0.717) is 24.2 Å². The Balaban J connectivity index is 1.70. The summed E-state index contributed by atoms with van der Waals surface area (Å²) < 4.78 is 0. The second-order valence-corrected chi connectivity index (χ2v) is 7.90. The molecule has 1 fully saturated rings. The largest absolute Gasteiger partial charge is 0.370 e. The first-order valence-electron chi connectivity index (χ1n) is 9.56. The number of nitrogens with two attached hydrogens (primary N) is 1. The lowest BCUT2D eigenvalue weighted by molar-refractivity contribution is -0.130. The van der Waals surface area contributed by atoms with Gasteiger partial charge in [0.25, 0.3) is 0 Å². The van der Waals surface area contributed by atoms with Gasteiger partial charge in [-0.15, -0.1) is 0 Å². The molecule has 1 saturated carbocycles. The Morgan fingerprint density at radius 1 is 1.24 bits per heavy atom. The fourth-order valence-electron chi connectivity index (χ4n) is 3.76. The molecule has 0 radical (unpaired) electrons. The molecule has 0 aromatic heterocycles. The van der Waals surface area contributed by atoms with Crippen molar-refractivity contribution in [3.63, 3.8) is 0 Å². The monoisotopic (exact) mass is 390 g/mol. The Morgan fingerprint density at radius 2 is 2.00 bits per heavy atom. The molecule has 3 N–H and O–H groups in total. The van der Waals surface area contributed by atoms with Crippen molar-refractivity contribution >= 4 is 35.2 Å². The Kier molecular flexibility index (Phi) is 4.53. The molecule has 1 unspecified atom stereocenters. The predicted octanol–water partition coefficient (Wildman–Crippen LogP) is 1.99. The summed E-state index contributed by atoms with van der Waals surface area (Å²) >= 11 is 0. The molecule has 7 heteroatoms. The van der Waals surface area contributed by atoms with Crippen LogP contribution >= 0.6 is 0 Å². The predicted molar refractivity (Wildman–Crippen MR) is 110 cm³/mol. The van der Waals surface area contributed by atoms with Gasteiger partial charge in [-0.2, -0.15) is 0 Å². The minimum absolute atomic E-state index is 0.0171. The van der Waals surface area contributed by atoms with Crippen LogP contribution in [0, 0.1) is 10.8 Å². The maximum absolute atomic E-state index is 12.8. The number of para-hydroxylation sites is 1. The molecule has 29 heavy (non-hydrogen) atoms. The van der Waals surface area contributed by atoms with Crippen LogP contribution in [0.4, 0.5) is 5.69 Å². The van der Waals surface area contributed by atoms with Crippen molar-refractivity contribution in [1.29, 1.82) is 0 Å². The van der Waals surface area contributed by atoms with E-state index in [4.69, 9.17) is 10.7 Å². The van der Waals surface area contributed by atoms with Crippen LogP contribution < -0.4 is 11.1 Å². The van der Waals surface area contributed by atoms with Crippen molar-refractivity contribution < 1.29 is 14.4 Å². The summed E-state index contributed by atoms with van der Waals surface area (Å²) in [5.41, 5.74) is 5.55. The minimum Gasteiger partial charge on any atom is -0.370 e. The van der Waals surface area contributed by atoms with Crippen molar-refractivity contribution in [2.75, 3.05) is 0 Å². The lowest BCUT2D eigenvalue weighted by atomic mass is 9.75. The van der Waals surface area contributed by atoms with Crippen molar-refractivity contribution in [3.05, 3.63) is 54.1 Å². The molecular weight excluding hydrogens is 368 g/mol. The fraction of sp³-hybridized carbons (Fsp3) is 0.318. The van der Waals surface area contributed by atoms with Crippen LogP contribution in [0.5, 0.6) is 0 Å². The first-order valence-corrected chi connectivity index (χ1v) is 9.56. The molecule has 0 bridgehead atoms. The highest BCUT2D eigenvalue weighted by molar-refractivity contribution is 6.24. The summed E-state index contributed by atoms with van der Waals surface area (Å²) in [6.45, 7) is 1.81. The van der Waals surface area contributed by atoms with Crippen LogP contribution in [-0.4, -0.2) is 35.7 Å². The number of aliphatic imine (C=N–C) groups is 2. The lowest BCUT2D eigenvalue weighted by Gasteiger charge is -2.28. The molecule has 2 atom stereocenters. The number of hydrogen-bond donors (Lipinski definition) is 2. The zero-order valence-corrected chi connectivity index (χ0v) is 16.1. The summed E-state index contributed by atoms with van der Waals surface area (Å²) in [4.78, 5) is 46.1. The van der Waals surface area contributed by atoms with Crippen LogP contribution in [0.1, 0.15) is 31.7 Å². The highest BCUT2D eigenvalue weighted by Gasteiger charge is 2.51. The first-order chi connectivity index (χ1) is 13.8. The van der Waals surface area contributed by atoms with Crippen molar-refractivity contribution in [3.8, 4) is 0 Å². The smallest absolute Gasteiger partial charge is 0.228 e. The van der Waals surface area contributed by atoms with E-state index in [1.165, 1.54) is 6.08 Å². The van der Waals surface area contributed by atoms with E-state index in [1.54, 1.807) is 12.3 Å². The van der Waals surface area contributed by atoms with Crippen LogP contribution in [0.25, 0.3) is 0 Å². The average Bonchev–Trinajstić information content (AvgIpc) is 3.48. The molecule has 2 aliphatic carbocycles. The van der Waals surface area contributed by atoms with Crippen LogP contribution in [-0.2, 0) is 14.4 Å². The Labute approximate surface area is 168 Å². The third-order valence-corrected chi connectivity index (χ3v) is 5.70. The number of fused-ring (bicyclic) bond motifs is 1. The number of carbonyl (C=O) groups excluding carboxylic acids is 3. The quantitative estimate of drug-likeness (QED) is 0.801. The standard InChI is InChI=1S/C22H22N4O3/c1-21(9-5-4-8-16(21)27)19-14-6-2-3-7-15(14)24-13-18(25-19)26-20(29)22(10-11-22)12-17(23)28/h2-9,13,18H,10-12H2,1H3,(H2,23,28)(H,26,29)/t18-,21?/m1/s1.